The lowest BCUT2D eigenvalue weighted by atomic mass is 10.0. The van der Waals surface area contributed by atoms with Gasteiger partial charge >= 0.3 is 0 Å². The topological polar surface area (TPSA) is 114 Å². The van der Waals surface area contributed by atoms with E-state index in [0.29, 0.717) is 46.9 Å². The van der Waals surface area contributed by atoms with Crippen molar-refractivity contribution >= 4 is 45.8 Å². The van der Waals surface area contributed by atoms with Crippen LogP contribution in [0.4, 0.5) is 15.8 Å². The number of fused-ring (bicyclic) bond motifs is 1. The van der Waals surface area contributed by atoms with E-state index in [4.69, 9.17) is 22.1 Å². The Morgan fingerprint density at radius 2 is 1.86 bits per heavy atom. The van der Waals surface area contributed by atoms with Crippen molar-refractivity contribution in [2.45, 2.75) is 26.7 Å². The molecule has 1 aliphatic carbocycles. The van der Waals surface area contributed by atoms with E-state index in [2.05, 4.69) is 15.2 Å². The molecule has 1 saturated carbocycles. The van der Waals surface area contributed by atoms with Crippen LogP contribution in [0.25, 0.3) is 11.0 Å². The van der Waals surface area contributed by atoms with Gasteiger partial charge in [0.25, 0.3) is 0 Å². The number of ether oxygens (including phenoxy) is 1. The second-order valence-corrected chi connectivity index (χ2v) is 8.98. The largest absolute Gasteiger partial charge is 0.456 e. The summed E-state index contributed by atoms with van der Waals surface area (Å²) in [7, 11) is 0. The van der Waals surface area contributed by atoms with Gasteiger partial charge in [0.1, 0.15) is 22.7 Å². The minimum Gasteiger partial charge on any atom is -0.456 e. The SMILES string of the molecule is Cc1cc(N(C(=O)C2(C(N)=O)CC2)c2ccc(F)cc2)c(Cl)cc1Oc1ccnc2[nH]nc(C)c12. The van der Waals surface area contributed by atoms with E-state index >= 15 is 0 Å². The fraction of sp³-hybridized carbons (Fsp3) is 0.200. The van der Waals surface area contributed by atoms with E-state index in [-0.39, 0.29) is 5.02 Å². The molecule has 2 aromatic carbocycles. The van der Waals surface area contributed by atoms with Crippen LogP contribution in [0.2, 0.25) is 5.02 Å². The van der Waals surface area contributed by atoms with Gasteiger partial charge in [0, 0.05) is 18.0 Å². The summed E-state index contributed by atoms with van der Waals surface area (Å²) in [6.07, 6.45) is 2.30. The summed E-state index contributed by atoms with van der Waals surface area (Å²) in [6.45, 7) is 3.65. The standard InChI is InChI=1S/C25H21ClFN5O3/c1-13-11-18(17(26)12-20(13)35-19-7-10-29-22-21(19)14(2)30-31-22)32(16-5-3-15(27)4-6-16)24(34)25(8-9-25)23(28)33/h3-7,10-12H,8-9H2,1-2H3,(H2,28,33)(H,29,30,31). The summed E-state index contributed by atoms with van der Waals surface area (Å²) in [5.41, 5.74) is 6.97. The number of hydrogen-bond donors (Lipinski definition) is 2. The number of carbonyl (C=O) groups is 2. The third kappa shape index (κ3) is 3.87. The summed E-state index contributed by atoms with van der Waals surface area (Å²) in [4.78, 5) is 31.3. The van der Waals surface area contributed by atoms with Crippen LogP contribution in [-0.4, -0.2) is 27.0 Å². The molecular weight excluding hydrogens is 473 g/mol. The molecular formula is C25H21ClFN5O3. The lowest BCUT2D eigenvalue weighted by Crippen LogP contribution is -2.41. The quantitative estimate of drug-likeness (QED) is 0.363. The van der Waals surface area contributed by atoms with Crippen molar-refractivity contribution in [2.75, 3.05) is 4.90 Å². The minimum absolute atomic E-state index is 0.206. The van der Waals surface area contributed by atoms with Crippen molar-refractivity contribution in [3.05, 3.63) is 70.8 Å². The number of halogens is 2. The zero-order valence-corrected chi connectivity index (χ0v) is 19.7. The molecule has 2 aromatic heterocycles. The van der Waals surface area contributed by atoms with Crippen LogP contribution < -0.4 is 15.4 Å². The van der Waals surface area contributed by atoms with Crippen molar-refractivity contribution in [1.82, 2.24) is 15.2 Å². The Kier molecular flexibility index (Phi) is 5.44. The van der Waals surface area contributed by atoms with Gasteiger partial charge in [-0.3, -0.25) is 19.6 Å². The van der Waals surface area contributed by atoms with Gasteiger partial charge in [-0.05, 0) is 68.7 Å². The summed E-state index contributed by atoms with van der Waals surface area (Å²) in [5, 5.41) is 7.98. The number of anilines is 2. The van der Waals surface area contributed by atoms with Crippen LogP contribution in [0.3, 0.4) is 0 Å². The van der Waals surface area contributed by atoms with E-state index in [1.807, 2.05) is 13.8 Å². The number of nitrogens with zero attached hydrogens (tertiary/aromatic N) is 3. The second kappa shape index (κ2) is 8.35. The fourth-order valence-electron chi connectivity index (χ4n) is 4.06. The minimum atomic E-state index is -1.30. The predicted molar refractivity (Wildman–Crippen MR) is 129 cm³/mol. The third-order valence-corrected chi connectivity index (χ3v) is 6.53. The molecule has 35 heavy (non-hydrogen) atoms. The van der Waals surface area contributed by atoms with Crippen LogP contribution in [0.15, 0.2) is 48.7 Å². The Labute approximate surface area is 204 Å². The molecule has 8 nitrogen and oxygen atoms in total. The molecule has 0 radical (unpaired) electrons. The molecule has 0 bridgehead atoms. The molecule has 4 aromatic rings. The molecule has 5 rings (SSSR count). The maximum Gasteiger partial charge on any atom is 0.247 e. The van der Waals surface area contributed by atoms with Gasteiger partial charge in [0.2, 0.25) is 11.8 Å². The molecule has 2 amide bonds. The molecule has 3 N–H and O–H groups in total. The van der Waals surface area contributed by atoms with Crippen LogP contribution in [0, 0.1) is 25.1 Å². The van der Waals surface area contributed by atoms with Gasteiger partial charge in [-0.25, -0.2) is 9.37 Å². The second-order valence-electron chi connectivity index (χ2n) is 8.58. The molecule has 178 valence electrons. The van der Waals surface area contributed by atoms with Crippen LogP contribution >= 0.6 is 11.6 Å². The number of pyridine rings is 1. The molecule has 1 fully saturated rings. The maximum atomic E-state index is 13.6. The first-order valence-electron chi connectivity index (χ1n) is 10.9. The first-order chi connectivity index (χ1) is 16.7. The molecule has 0 saturated heterocycles. The smallest absolute Gasteiger partial charge is 0.247 e. The van der Waals surface area contributed by atoms with Gasteiger partial charge in [0.15, 0.2) is 5.65 Å². The Morgan fingerprint density at radius 1 is 1.14 bits per heavy atom. The van der Waals surface area contributed by atoms with E-state index < -0.39 is 23.0 Å². The Balaban J connectivity index is 1.58. The highest BCUT2D eigenvalue weighted by atomic mass is 35.5. The Morgan fingerprint density at radius 3 is 2.51 bits per heavy atom. The highest BCUT2D eigenvalue weighted by Crippen LogP contribution is 2.50. The number of hydrogen-bond acceptors (Lipinski definition) is 5. The number of rotatable bonds is 6. The van der Waals surface area contributed by atoms with Crippen LogP contribution in [-0.2, 0) is 9.59 Å². The van der Waals surface area contributed by atoms with Gasteiger partial charge in [0.05, 0.1) is 21.8 Å². The van der Waals surface area contributed by atoms with E-state index in [1.165, 1.54) is 29.2 Å². The zero-order chi connectivity index (χ0) is 24.9. The van der Waals surface area contributed by atoms with Gasteiger partial charge in [-0.2, -0.15) is 5.10 Å². The monoisotopic (exact) mass is 493 g/mol. The lowest BCUT2D eigenvalue weighted by molar-refractivity contribution is -0.133. The number of nitrogens with one attached hydrogen (secondary N) is 1. The van der Waals surface area contributed by atoms with Crippen molar-refractivity contribution in [1.29, 1.82) is 0 Å². The molecule has 0 unspecified atom stereocenters. The van der Waals surface area contributed by atoms with Gasteiger partial charge < -0.3 is 10.5 Å². The number of nitrogens with two attached hydrogens (primary N) is 1. The number of H-pyrrole nitrogens is 1. The molecule has 10 heteroatoms. The number of carbonyl (C=O) groups excluding carboxylic acids is 2. The van der Waals surface area contributed by atoms with Crippen molar-refractivity contribution in [3.8, 4) is 11.5 Å². The Hall–Kier alpha value is -3.98. The summed E-state index contributed by atoms with van der Waals surface area (Å²) in [5.74, 6) is -0.642. The number of amides is 2. The first-order valence-corrected chi connectivity index (χ1v) is 11.3. The average molecular weight is 494 g/mol. The number of aromatic amines is 1. The molecule has 1 aliphatic rings. The summed E-state index contributed by atoms with van der Waals surface area (Å²) >= 11 is 6.67. The van der Waals surface area contributed by atoms with E-state index in [9.17, 15) is 14.0 Å². The van der Waals surface area contributed by atoms with E-state index in [1.54, 1.807) is 24.4 Å². The Bertz CT molecular complexity index is 1480. The zero-order valence-electron chi connectivity index (χ0n) is 18.9. The van der Waals surface area contributed by atoms with Crippen LogP contribution in [0.1, 0.15) is 24.1 Å². The average Bonchev–Trinajstić information content (AvgIpc) is 3.56. The number of primary amides is 1. The summed E-state index contributed by atoms with van der Waals surface area (Å²) < 4.78 is 19.8. The van der Waals surface area contributed by atoms with Gasteiger partial charge in [-0.15, -0.1) is 0 Å². The number of benzene rings is 2. The van der Waals surface area contributed by atoms with Crippen molar-refractivity contribution in [3.63, 3.8) is 0 Å². The molecule has 2 heterocycles. The highest BCUT2D eigenvalue weighted by Gasteiger charge is 2.57. The normalized spacial score (nSPS) is 14.1. The summed E-state index contributed by atoms with van der Waals surface area (Å²) in [6, 6.07) is 10.4. The molecule has 0 aliphatic heterocycles. The fourth-order valence-corrected chi connectivity index (χ4v) is 4.30. The predicted octanol–water partition coefficient (Wildman–Crippen LogP) is 5.09. The molecule has 0 spiro atoms. The lowest BCUT2D eigenvalue weighted by Gasteiger charge is -2.28. The van der Waals surface area contributed by atoms with Crippen LogP contribution in [0.5, 0.6) is 11.5 Å². The third-order valence-electron chi connectivity index (χ3n) is 6.23. The van der Waals surface area contributed by atoms with E-state index in [0.717, 1.165) is 11.1 Å². The number of aryl methyl sites for hydroxylation is 2. The first kappa shape index (κ1) is 22.8. The highest BCUT2D eigenvalue weighted by molar-refractivity contribution is 6.34. The maximum absolute atomic E-state index is 13.6. The molecule has 0 atom stereocenters. The van der Waals surface area contributed by atoms with Gasteiger partial charge in [-0.1, -0.05) is 11.6 Å². The van der Waals surface area contributed by atoms with Crippen molar-refractivity contribution < 1.29 is 18.7 Å². The van der Waals surface area contributed by atoms with Crippen molar-refractivity contribution in [2.24, 2.45) is 11.1 Å². The number of aromatic nitrogens is 3.